The van der Waals surface area contributed by atoms with Gasteiger partial charge in [0.05, 0.1) is 6.61 Å². The Morgan fingerprint density at radius 1 is 0.875 bits per heavy atom. The Morgan fingerprint density at radius 2 is 1.53 bits per heavy atom. The first-order valence-electron chi connectivity index (χ1n) is 10.7. The maximum atomic E-state index is 11.5. The summed E-state index contributed by atoms with van der Waals surface area (Å²) in [5.41, 5.74) is 2.02. The molecule has 0 spiro atoms. The molecule has 4 nitrogen and oxygen atoms in total. The molecule has 3 aromatic rings. The van der Waals surface area contributed by atoms with Crippen molar-refractivity contribution in [2.75, 3.05) is 13.7 Å². The molecule has 164 valence electrons. The van der Waals surface area contributed by atoms with Crippen LogP contribution >= 0.6 is 0 Å². The average molecular weight is 429 g/mol. The minimum Gasteiger partial charge on any atom is -0.494 e. The number of benzene rings is 3. The van der Waals surface area contributed by atoms with Gasteiger partial charge in [0.25, 0.3) is 0 Å². The Hall–Kier alpha value is -3.55. The number of hydrogen-bond acceptors (Lipinski definition) is 4. The van der Waals surface area contributed by atoms with Crippen molar-refractivity contribution in [3.05, 3.63) is 90.0 Å². The lowest BCUT2D eigenvalue weighted by molar-refractivity contribution is -0.126. The normalized spacial score (nSPS) is 11.2. The van der Waals surface area contributed by atoms with Gasteiger partial charge in [-0.2, -0.15) is 0 Å². The third-order valence-corrected chi connectivity index (χ3v) is 4.86. The van der Waals surface area contributed by atoms with Crippen molar-refractivity contribution < 1.29 is 19.0 Å². The fourth-order valence-electron chi connectivity index (χ4n) is 3.07. The topological polar surface area (TPSA) is 44.8 Å². The van der Waals surface area contributed by atoms with E-state index in [1.807, 2.05) is 78.9 Å². The van der Waals surface area contributed by atoms with E-state index in [9.17, 15) is 4.79 Å². The Morgan fingerprint density at radius 3 is 2.19 bits per heavy atom. The molecule has 4 heteroatoms. The molecule has 0 aliphatic heterocycles. The molecule has 0 saturated heterocycles. The highest BCUT2D eigenvalue weighted by Crippen LogP contribution is 2.23. The number of methoxy groups -OCH3 is 1. The van der Waals surface area contributed by atoms with E-state index in [-0.39, 0.29) is 11.9 Å². The van der Waals surface area contributed by atoms with Gasteiger partial charge in [0.15, 0.2) is 5.78 Å². The van der Waals surface area contributed by atoms with E-state index in [1.165, 1.54) is 0 Å². The van der Waals surface area contributed by atoms with E-state index in [0.29, 0.717) is 13.0 Å². The number of Topliss-reactive ketones (excluding diaryl/α,β-unsaturated/α-hetero) is 1. The summed E-state index contributed by atoms with van der Waals surface area (Å²) in [6.45, 7) is 2.16. The summed E-state index contributed by atoms with van der Waals surface area (Å²) in [6.07, 6.45) is 1.80. The van der Waals surface area contributed by atoms with Crippen LogP contribution in [0, 0.1) is 11.8 Å². The molecule has 3 rings (SSSR count). The zero-order valence-corrected chi connectivity index (χ0v) is 18.5. The summed E-state index contributed by atoms with van der Waals surface area (Å²) in [6, 6.07) is 25.2. The van der Waals surface area contributed by atoms with Crippen LogP contribution in [0.5, 0.6) is 17.2 Å². The second-order valence-corrected chi connectivity index (χ2v) is 7.38. The Labute approximate surface area is 190 Å². The van der Waals surface area contributed by atoms with Crippen molar-refractivity contribution in [3.8, 4) is 29.1 Å². The molecule has 3 aromatic carbocycles. The zero-order valence-electron chi connectivity index (χ0n) is 18.5. The molecule has 0 fully saturated rings. The standard InChI is InChI=1S/C28H28O4/c1-22(29)28(30-2)21-24-14-12-23(13-15-24)9-5-4-8-20-31-25-16-18-27(19-17-25)32-26-10-6-3-7-11-26/h3,6-7,10-19,28H,4,8,20-21H2,1-2H3/t28-/m0/s1. The molecule has 0 heterocycles. The minimum atomic E-state index is -0.389. The largest absolute Gasteiger partial charge is 0.494 e. The van der Waals surface area contributed by atoms with Gasteiger partial charge in [0.1, 0.15) is 23.4 Å². The van der Waals surface area contributed by atoms with E-state index < -0.39 is 0 Å². The number of carbonyl (C=O) groups excluding carboxylic acids is 1. The van der Waals surface area contributed by atoms with Crippen LogP contribution < -0.4 is 9.47 Å². The minimum absolute atomic E-state index is 0.0371. The van der Waals surface area contributed by atoms with Gasteiger partial charge in [-0.05, 0) is 67.4 Å². The SMILES string of the molecule is CO[C@@H](Cc1ccc(C#CCCCOc2ccc(Oc3ccccc3)cc2)cc1)C(C)=O. The first-order valence-corrected chi connectivity index (χ1v) is 10.7. The molecule has 0 radical (unpaired) electrons. The van der Waals surface area contributed by atoms with Crippen LogP contribution in [-0.4, -0.2) is 25.6 Å². The van der Waals surface area contributed by atoms with E-state index in [2.05, 4.69) is 11.8 Å². The maximum absolute atomic E-state index is 11.5. The molecule has 1 atom stereocenters. The fraction of sp³-hybridized carbons (Fsp3) is 0.250. The fourth-order valence-corrected chi connectivity index (χ4v) is 3.07. The molecule has 0 saturated carbocycles. The first-order chi connectivity index (χ1) is 15.6. The highest BCUT2D eigenvalue weighted by molar-refractivity contribution is 5.80. The Balaban J connectivity index is 1.37. The third kappa shape index (κ3) is 7.61. The molecule has 0 bridgehead atoms. The smallest absolute Gasteiger partial charge is 0.158 e. The molecule has 32 heavy (non-hydrogen) atoms. The lowest BCUT2D eigenvalue weighted by Crippen LogP contribution is -2.22. The zero-order chi connectivity index (χ0) is 22.6. The molecule has 0 amide bonds. The molecule has 0 aliphatic rings. The molecular formula is C28H28O4. The van der Waals surface area contributed by atoms with Gasteiger partial charge in [-0.1, -0.05) is 42.2 Å². The molecule has 0 N–H and O–H groups in total. The van der Waals surface area contributed by atoms with Gasteiger partial charge in [-0.15, -0.1) is 0 Å². The number of ether oxygens (including phenoxy) is 3. The lowest BCUT2D eigenvalue weighted by Gasteiger charge is -2.11. The molecule has 0 unspecified atom stereocenters. The van der Waals surface area contributed by atoms with Gasteiger partial charge in [-0.25, -0.2) is 0 Å². The van der Waals surface area contributed by atoms with Crippen LogP contribution in [-0.2, 0) is 16.0 Å². The van der Waals surface area contributed by atoms with Crippen molar-refractivity contribution in [1.82, 2.24) is 0 Å². The van der Waals surface area contributed by atoms with Crippen molar-refractivity contribution in [2.24, 2.45) is 0 Å². The maximum Gasteiger partial charge on any atom is 0.158 e. The van der Waals surface area contributed by atoms with Gasteiger partial charge >= 0.3 is 0 Å². The monoisotopic (exact) mass is 428 g/mol. The number of ketones is 1. The quantitative estimate of drug-likeness (QED) is 0.301. The number of carbonyl (C=O) groups is 1. The average Bonchev–Trinajstić information content (AvgIpc) is 2.82. The summed E-state index contributed by atoms with van der Waals surface area (Å²) in [5, 5.41) is 0. The van der Waals surface area contributed by atoms with E-state index in [0.717, 1.165) is 41.2 Å². The van der Waals surface area contributed by atoms with E-state index in [4.69, 9.17) is 14.2 Å². The van der Waals surface area contributed by atoms with E-state index >= 15 is 0 Å². The summed E-state index contributed by atoms with van der Waals surface area (Å²) < 4.78 is 16.8. The van der Waals surface area contributed by atoms with Crippen LogP contribution in [0.1, 0.15) is 30.9 Å². The van der Waals surface area contributed by atoms with Crippen LogP contribution in [0.15, 0.2) is 78.9 Å². The summed E-state index contributed by atoms with van der Waals surface area (Å²) in [5.74, 6) is 8.79. The van der Waals surface area contributed by atoms with Crippen molar-refractivity contribution in [3.63, 3.8) is 0 Å². The Bertz CT molecular complexity index is 1030. The van der Waals surface area contributed by atoms with Crippen LogP contribution in [0.2, 0.25) is 0 Å². The predicted octanol–water partition coefficient (Wildman–Crippen LogP) is 5.84. The highest BCUT2D eigenvalue weighted by atomic mass is 16.5. The number of hydrogen-bond donors (Lipinski definition) is 0. The van der Waals surface area contributed by atoms with Crippen molar-refractivity contribution in [2.45, 2.75) is 32.3 Å². The molecule has 0 aromatic heterocycles. The van der Waals surface area contributed by atoms with Crippen LogP contribution in [0.4, 0.5) is 0 Å². The first kappa shape index (κ1) is 23.1. The van der Waals surface area contributed by atoms with Gasteiger partial charge in [-0.3, -0.25) is 4.79 Å². The predicted molar refractivity (Wildman–Crippen MR) is 126 cm³/mol. The van der Waals surface area contributed by atoms with Crippen molar-refractivity contribution >= 4 is 5.78 Å². The summed E-state index contributed by atoms with van der Waals surface area (Å²) >= 11 is 0. The summed E-state index contributed by atoms with van der Waals surface area (Å²) in [4.78, 5) is 11.5. The second kappa shape index (κ2) is 12.3. The lowest BCUT2D eigenvalue weighted by atomic mass is 10.0. The number of rotatable bonds is 10. The molecular weight excluding hydrogens is 400 g/mol. The van der Waals surface area contributed by atoms with Crippen LogP contribution in [0.3, 0.4) is 0 Å². The summed E-state index contributed by atoms with van der Waals surface area (Å²) in [7, 11) is 1.56. The number of unbranched alkanes of at least 4 members (excludes halogenated alkanes) is 1. The van der Waals surface area contributed by atoms with Gasteiger partial charge in [0.2, 0.25) is 0 Å². The second-order valence-electron chi connectivity index (χ2n) is 7.38. The third-order valence-electron chi connectivity index (χ3n) is 4.86. The van der Waals surface area contributed by atoms with Gasteiger partial charge < -0.3 is 14.2 Å². The number of para-hydroxylation sites is 1. The highest BCUT2D eigenvalue weighted by Gasteiger charge is 2.13. The van der Waals surface area contributed by atoms with E-state index in [1.54, 1.807) is 14.0 Å². The van der Waals surface area contributed by atoms with Gasteiger partial charge in [0, 0.05) is 25.5 Å². The van der Waals surface area contributed by atoms with Crippen LogP contribution in [0.25, 0.3) is 0 Å². The molecule has 0 aliphatic carbocycles. The van der Waals surface area contributed by atoms with Crippen molar-refractivity contribution in [1.29, 1.82) is 0 Å². The Kier molecular flexibility index (Phi) is 8.92.